The van der Waals surface area contributed by atoms with Gasteiger partial charge in [0, 0.05) is 31.4 Å². The van der Waals surface area contributed by atoms with E-state index in [-0.39, 0.29) is 12.1 Å². The number of phenolic OH excluding ortho intramolecular Hbond substituents is 1. The molecule has 140 valence electrons. The molecule has 0 atom stereocenters. The lowest BCUT2D eigenvalue weighted by atomic mass is 10.0. The van der Waals surface area contributed by atoms with E-state index in [2.05, 4.69) is 20.5 Å². The predicted molar refractivity (Wildman–Crippen MR) is 108 cm³/mol. The van der Waals surface area contributed by atoms with Crippen molar-refractivity contribution in [3.63, 3.8) is 0 Å². The van der Waals surface area contributed by atoms with Crippen LogP contribution in [0, 0.1) is 0 Å². The predicted octanol–water partition coefficient (Wildman–Crippen LogP) is 3.79. The maximum atomic E-state index is 12.3. The van der Waals surface area contributed by atoms with Gasteiger partial charge in [-0.2, -0.15) is 0 Å². The number of hydrogen-bond acceptors (Lipinski definition) is 5. The van der Waals surface area contributed by atoms with Crippen molar-refractivity contribution in [3.05, 3.63) is 53.5 Å². The Morgan fingerprint density at radius 2 is 2.07 bits per heavy atom. The van der Waals surface area contributed by atoms with Crippen LogP contribution in [0.15, 0.2) is 48.0 Å². The molecule has 0 saturated carbocycles. The van der Waals surface area contributed by atoms with Crippen LogP contribution in [0.4, 0.5) is 10.5 Å². The summed E-state index contributed by atoms with van der Waals surface area (Å²) in [6, 6.07) is 13.2. The van der Waals surface area contributed by atoms with Crippen LogP contribution in [0.25, 0.3) is 10.2 Å². The molecule has 0 spiro atoms. The highest BCUT2D eigenvalue weighted by molar-refractivity contribution is 7.16. The van der Waals surface area contributed by atoms with Gasteiger partial charge in [-0.25, -0.2) is 9.78 Å². The minimum atomic E-state index is -0.170. The Hall–Kier alpha value is -2.64. The van der Waals surface area contributed by atoms with Crippen molar-refractivity contribution < 1.29 is 9.90 Å². The number of nitrogens with zero attached hydrogens (tertiary/aromatic N) is 2. The molecule has 2 heterocycles. The van der Waals surface area contributed by atoms with Crippen LogP contribution < -0.4 is 10.6 Å². The number of phenols is 1. The summed E-state index contributed by atoms with van der Waals surface area (Å²) in [5.41, 5.74) is 4.57. The molecule has 0 aliphatic carbocycles. The zero-order chi connectivity index (χ0) is 18.6. The van der Waals surface area contributed by atoms with E-state index in [0.717, 1.165) is 53.9 Å². The van der Waals surface area contributed by atoms with Gasteiger partial charge in [-0.05, 0) is 48.7 Å². The molecule has 3 N–H and O–H groups in total. The van der Waals surface area contributed by atoms with Gasteiger partial charge in [0.25, 0.3) is 0 Å². The minimum absolute atomic E-state index is 0.170. The highest BCUT2D eigenvalue weighted by atomic mass is 32.1. The molecule has 0 radical (unpaired) electrons. The number of piperidine rings is 1. The topological polar surface area (TPSA) is 77.5 Å². The third-order valence-corrected chi connectivity index (χ3v) is 5.64. The number of aromatic nitrogens is 1. The fraction of sp³-hybridized carbons (Fsp3) is 0.300. The number of carbonyl (C=O) groups excluding carboxylic acids is 1. The molecule has 0 bridgehead atoms. The lowest BCUT2D eigenvalue weighted by molar-refractivity contribution is 0.189. The van der Waals surface area contributed by atoms with Crippen molar-refractivity contribution in [3.8, 4) is 5.75 Å². The molecule has 3 aromatic rings. The highest BCUT2D eigenvalue weighted by Gasteiger charge is 2.21. The Balaban J connectivity index is 1.25. The second-order valence-electron chi connectivity index (χ2n) is 6.85. The first-order valence-corrected chi connectivity index (χ1v) is 9.95. The van der Waals surface area contributed by atoms with Gasteiger partial charge in [-0.3, -0.25) is 4.90 Å². The van der Waals surface area contributed by atoms with Crippen molar-refractivity contribution in [1.82, 2.24) is 15.2 Å². The van der Waals surface area contributed by atoms with Crippen LogP contribution in [0.2, 0.25) is 0 Å². The zero-order valence-electron chi connectivity index (χ0n) is 14.9. The number of likely N-dealkylation sites (tertiary alicyclic amines) is 1. The first kappa shape index (κ1) is 17.8. The number of benzene rings is 2. The van der Waals surface area contributed by atoms with Gasteiger partial charge in [0.2, 0.25) is 0 Å². The quantitative estimate of drug-likeness (QED) is 0.642. The van der Waals surface area contributed by atoms with Gasteiger partial charge >= 0.3 is 6.03 Å². The minimum Gasteiger partial charge on any atom is -0.508 e. The average molecular weight is 382 g/mol. The molecule has 2 amide bonds. The van der Waals surface area contributed by atoms with E-state index in [0.29, 0.717) is 5.75 Å². The summed E-state index contributed by atoms with van der Waals surface area (Å²) >= 11 is 1.59. The number of amides is 2. The molecule has 27 heavy (non-hydrogen) atoms. The largest absolute Gasteiger partial charge is 0.508 e. The SMILES string of the molecule is O=C(Nc1ccc2scnc2c1)NC1CCN(Cc2cccc(O)c2)CC1. The van der Waals surface area contributed by atoms with Crippen LogP contribution in [-0.2, 0) is 6.54 Å². The van der Waals surface area contributed by atoms with Crippen molar-refractivity contribution in [2.24, 2.45) is 0 Å². The van der Waals surface area contributed by atoms with E-state index in [9.17, 15) is 9.90 Å². The molecule has 4 rings (SSSR count). The van der Waals surface area contributed by atoms with Crippen molar-refractivity contribution in [2.45, 2.75) is 25.4 Å². The molecule has 0 unspecified atom stereocenters. The van der Waals surface area contributed by atoms with E-state index in [4.69, 9.17) is 0 Å². The number of anilines is 1. The summed E-state index contributed by atoms with van der Waals surface area (Å²) < 4.78 is 1.11. The zero-order valence-corrected chi connectivity index (χ0v) is 15.7. The van der Waals surface area contributed by atoms with Crippen LogP contribution >= 0.6 is 11.3 Å². The molecule has 2 aromatic carbocycles. The van der Waals surface area contributed by atoms with E-state index >= 15 is 0 Å². The first-order valence-electron chi connectivity index (χ1n) is 9.07. The first-order chi connectivity index (χ1) is 13.2. The smallest absolute Gasteiger partial charge is 0.319 e. The molecule has 1 aromatic heterocycles. The molecule has 1 fully saturated rings. The number of rotatable bonds is 4. The maximum Gasteiger partial charge on any atom is 0.319 e. The van der Waals surface area contributed by atoms with Gasteiger partial charge in [-0.15, -0.1) is 11.3 Å². The van der Waals surface area contributed by atoms with Gasteiger partial charge in [0.1, 0.15) is 5.75 Å². The number of thiazole rings is 1. The average Bonchev–Trinajstić information content (AvgIpc) is 3.11. The standard InChI is InChI=1S/C20H22N4O2S/c25-17-3-1-2-14(10-17)12-24-8-6-15(7-9-24)22-20(26)23-16-4-5-19-18(11-16)21-13-27-19/h1-5,10-11,13,15,25H,6-9,12H2,(H2,22,23,26). The van der Waals surface area contributed by atoms with Crippen LogP contribution in [0.1, 0.15) is 18.4 Å². The van der Waals surface area contributed by atoms with Crippen molar-refractivity contribution >= 4 is 33.3 Å². The Kier molecular flexibility index (Phi) is 5.22. The van der Waals surface area contributed by atoms with Gasteiger partial charge in [0.05, 0.1) is 15.7 Å². The molecular weight excluding hydrogens is 360 g/mol. The molecule has 1 aliphatic rings. The Morgan fingerprint density at radius 3 is 2.89 bits per heavy atom. The van der Waals surface area contributed by atoms with Crippen molar-refractivity contribution in [2.75, 3.05) is 18.4 Å². The Labute approximate surface area is 161 Å². The highest BCUT2D eigenvalue weighted by Crippen LogP contribution is 2.21. The molecule has 1 aliphatic heterocycles. The summed E-state index contributed by atoms with van der Waals surface area (Å²) in [5.74, 6) is 0.302. The van der Waals surface area contributed by atoms with Gasteiger partial charge in [0.15, 0.2) is 0 Å². The summed E-state index contributed by atoms with van der Waals surface area (Å²) in [6.07, 6.45) is 1.83. The van der Waals surface area contributed by atoms with Crippen LogP contribution in [0.5, 0.6) is 5.75 Å². The van der Waals surface area contributed by atoms with Gasteiger partial charge < -0.3 is 15.7 Å². The van der Waals surface area contributed by atoms with Crippen LogP contribution in [0.3, 0.4) is 0 Å². The van der Waals surface area contributed by atoms with Crippen molar-refractivity contribution in [1.29, 1.82) is 0 Å². The Morgan fingerprint density at radius 1 is 1.22 bits per heavy atom. The molecule has 6 nitrogen and oxygen atoms in total. The molecule has 7 heteroatoms. The third kappa shape index (κ3) is 4.56. The lowest BCUT2D eigenvalue weighted by Crippen LogP contribution is -2.45. The summed E-state index contributed by atoms with van der Waals surface area (Å²) in [5, 5.41) is 15.5. The second-order valence-corrected chi connectivity index (χ2v) is 7.74. The third-order valence-electron chi connectivity index (χ3n) is 4.83. The fourth-order valence-electron chi connectivity index (χ4n) is 3.44. The van der Waals surface area contributed by atoms with Gasteiger partial charge in [-0.1, -0.05) is 12.1 Å². The maximum absolute atomic E-state index is 12.3. The number of hydrogen-bond donors (Lipinski definition) is 3. The Bertz CT molecular complexity index is 934. The van der Waals surface area contributed by atoms with E-state index in [1.54, 1.807) is 29.0 Å². The number of nitrogens with one attached hydrogen (secondary N) is 2. The summed E-state index contributed by atoms with van der Waals surface area (Å²) in [4.78, 5) is 18.9. The number of carbonyl (C=O) groups is 1. The lowest BCUT2D eigenvalue weighted by Gasteiger charge is -2.32. The fourth-order valence-corrected chi connectivity index (χ4v) is 4.10. The summed E-state index contributed by atoms with van der Waals surface area (Å²) in [6.45, 7) is 2.66. The number of urea groups is 1. The molecule has 1 saturated heterocycles. The second kappa shape index (κ2) is 7.94. The van der Waals surface area contributed by atoms with E-state index in [1.165, 1.54) is 0 Å². The number of fused-ring (bicyclic) bond motifs is 1. The van der Waals surface area contributed by atoms with E-state index in [1.807, 2.05) is 30.3 Å². The number of aromatic hydroxyl groups is 1. The van der Waals surface area contributed by atoms with E-state index < -0.39 is 0 Å². The normalized spacial score (nSPS) is 15.7. The molecular formula is C20H22N4O2S. The van der Waals surface area contributed by atoms with Crippen LogP contribution in [-0.4, -0.2) is 40.2 Å². The monoisotopic (exact) mass is 382 g/mol. The summed E-state index contributed by atoms with van der Waals surface area (Å²) in [7, 11) is 0.